The molecule has 2 atom stereocenters. The van der Waals surface area contributed by atoms with Crippen molar-refractivity contribution in [1.29, 1.82) is 0 Å². The molecule has 0 aromatic carbocycles. The second-order valence-corrected chi connectivity index (χ2v) is 6.81. The molecule has 0 aromatic heterocycles. The third kappa shape index (κ3) is 19.1. The van der Waals surface area contributed by atoms with Crippen molar-refractivity contribution in [2.45, 2.75) is 76.9 Å². The van der Waals surface area contributed by atoms with Crippen molar-refractivity contribution in [3.8, 4) is 0 Å². The van der Waals surface area contributed by atoms with Crippen LogP contribution >= 0.6 is 0 Å². The second-order valence-electron chi connectivity index (χ2n) is 6.81. The van der Waals surface area contributed by atoms with E-state index in [-0.39, 0.29) is 12.7 Å². The Balaban J connectivity index is 3.64. The average Bonchev–Trinajstić information content (AvgIpc) is 2.69. The monoisotopic (exact) mass is 394 g/mol. The fraction of sp³-hybridized carbons (Fsp3) is 0.609. The lowest BCUT2D eigenvalue weighted by Gasteiger charge is -2.09. The van der Waals surface area contributed by atoms with Gasteiger partial charge in [-0.15, -0.1) is 0 Å². The van der Waals surface area contributed by atoms with Crippen molar-refractivity contribution >= 4 is 5.97 Å². The van der Waals surface area contributed by atoms with Gasteiger partial charge in [0.05, 0.1) is 12.7 Å². The Morgan fingerprint density at radius 3 is 2.18 bits per heavy atom. The van der Waals surface area contributed by atoms with Crippen molar-refractivity contribution in [1.82, 2.24) is 0 Å². The van der Waals surface area contributed by atoms with Gasteiger partial charge in [0, 0.05) is 6.08 Å². The van der Waals surface area contributed by atoms with E-state index in [0.29, 0.717) is 0 Å². The molecule has 5 nitrogen and oxygen atoms in total. The van der Waals surface area contributed by atoms with Crippen LogP contribution < -0.4 is 0 Å². The van der Waals surface area contributed by atoms with Crippen LogP contribution in [-0.4, -0.2) is 46.7 Å². The normalized spacial score (nSPS) is 14.6. The number of carbonyl (C=O) groups excluding carboxylic acids is 1. The van der Waals surface area contributed by atoms with E-state index in [0.717, 1.165) is 44.9 Å². The SMILES string of the molecule is CCCCCC(O)CCCCCC=CC=CC=CC=CC(=O)OCC(O)CO. The van der Waals surface area contributed by atoms with Crippen molar-refractivity contribution in [3.63, 3.8) is 0 Å². The third-order valence-electron chi connectivity index (χ3n) is 4.10. The van der Waals surface area contributed by atoms with E-state index in [1.165, 1.54) is 18.9 Å². The molecule has 0 saturated carbocycles. The molecule has 28 heavy (non-hydrogen) atoms. The molecule has 0 radical (unpaired) electrons. The largest absolute Gasteiger partial charge is 0.460 e. The molecule has 0 aliphatic heterocycles. The summed E-state index contributed by atoms with van der Waals surface area (Å²) < 4.78 is 4.72. The summed E-state index contributed by atoms with van der Waals surface area (Å²) in [4.78, 5) is 11.3. The van der Waals surface area contributed by atoms with E-state index in [9.17, 15) is 9.90 Å². The second kappa shape index (κ2) is 20.1. The van der Waals surface area contributed by atoms with E-state index in [1.54, 1.807) is 18.2 Å². The fourth-order valence-corrected chi connectivity index (χ4v) is 2.44. The van der Waals surface area contributed by atoms with Gasteiger partial charge in [0.1, 0.15) is 12.7 Å². The van der Waals surface area contributed by atoms with E-state index in [2.05, 4.69) is 13.0 Å². The standard InChI is InChI=1S/C23H38O5/c1-2-3-13-16-21(25)17-14-11-9-7-5-4-6-8-10-12-15-18-23(27)28-20-22(26)19-24/h4-6,8,10,12,15,18,21-22,24-26H,2-3,7,9,11,13-14,16-17,19-20H2,1H3. The van der Waals surface area contributed by atoms with Crippen molar-refractivity contribution in [2.75, 3.05) is 13.2 Å². The topological polar surface area (TPSA) is 87.0 Å². The van der Waals surface area contributed by atoms with Crippen molar-refractivity contribution < 1.29 is 24.9 Å². The van der Waals surface area contributed by atoms with Gasteiger partial charge < -0.3 is 20.1 Å². The Morgan fingerprint density at radius 2 is 1.50 bits per heavy atom. The average molecular weight is 395 g/mol. The number of ether oxygens (including phenoxy) is 1. The number of esters is 1. The highest BCUT2D eigenvalue weighted by Crippen LogP contribution is 2.11. The lowest BCUT2D eigenvalue weighted by atomic mass is 10.0. The predicted molar refractivity (Wildman–Crippen MR) is 114 cm³/mol. The molecule has 2 unspecified atom stereocenters. The molecular weight excluding hydrogens is 356 g/mol. The Bertz CT molecular complexity index is 479. The Kier molecular flexibility index (Phi) is 18.8. The molecular formula is C23H38O5. The van der Waals surface area contributed by atoms with Crippen molar-refractivity contribution in [3.05, 3.63) is 48.6 Å². The molecule has 0 fully saturated rings. The van der Waals surface area contributed by atoms with Crippen LogP contribution in [0.3, 0.4) is 0 Å². The van der Waals surface area contributed by atoms with Gasteiger partial charge in [0.25, 0.3) is 0 Å². The highest BCUT2D eigenvalue weighted by molar-refractivity contribution is 5.82. The Labute approximate surface area is 170 Å². The molecule has 0 saturated heterocycles. The summed E-state index contributed by atoms with van der Waals surface area (Å²) >= 11 is 0. The van der Waals surface area contributed by atoms with E-state index < -0.39 is 18.7 Å². The summed E-state index contributed by atoms with van der Waals surface area (Å²) in [6, 6.07) is 0. The minimum atomic E-state index is -1.04. The molecule has 0 aliphatic rings. The van der Waals surface area contributed by atoms with Crippen LogP contribution in [0.4, 0.5) is 0 Å². The highest BCUT2D eigenvalue weighted by atomic mass is 16.5. The molecule has 0 aromatic rings. The number of allylic oxidation sites excluding steroid dienone is 7. The number of aliphatic hydroxyl groups excluding tert-OH is 3. The molecule has 0 rings (SSSR count). The molecule has 0 spiro atoms. The first-order valence-electron chi connectivity index (χ1n) is 10.4. The number of aliphatic hydroxyl groups is 3. The lowest BCUT2D eigenvalue weighted by Crippen LogP contribution is -2.21. The van der Waals surface area contributed by atoms with E-state index in [4.69, 9.17) is 14.9 Å². The molecule has 0 heterocycles. The first kappa shape index (κ1) is 26.3. The van der Waals surface area contributed by atoms with E-state index in [1.807, 2.05) is 18.2 Å². The summed E-state index contributed by atoms with van der Waals surface area (Å²) in [6.45, 7) is 1.53. The van der Waals surface area contributed by atoms with Gasteiger partial charge in [-0.25, -0.2) is 4.79 Å². The maximum absolute atomic E-state index is 11.3. The van der Waals surface area contributed by atoms with Gasteiger partial charge in [-0.2, -0.15) is 0 Å². The summed E-state index contributed by atoms with van der Waals surface area (Å²) in [5.74, 6) is -0.561. The van der Waals surface area contributed by atoms with Gasteiger partial charge in [-0.1, -0.05) is 81.6 Å². The Hall–Kier alpha value is -1.69. The van der Waals surface area contributed by atoms with Crippen LogP contribution in [0.2, 0.25) is 0 Å². The van der Waals surface area contributed by atoms with Crippen LogP contribution in [0.25, 0.3) is 0 Å². The van der Waals surface area contributed by atoms with Crippen LogP contribution in [0.15, 0.2) is 48.6 Å². The van der Waals surface area contributed by atoms with Gasteiger partial charge in [-0.3, -0.25) is 0 Å². The number of hydrogen-bond acceptors (Lipinski definition) is 5. The highest BCUT2D eigenvalue weighted by Gasteiger charge is 2.04. The quantitative estimate of drug-likeness (QED) is 0.150. The first-order valence-corrected chi connectivity index (χ1v) is 10.4. The minimum Gasteiger partial charge on any atom is -0.460 e. The zero-order valence-corrected chi connectivity index (χ0v) is 17.2. The number of hydrogen-bond donors (Lipinski definition) is 3. The number of carbonyl (C=O) groups is 1. The van der Waals surface area contributed by atoms with Crippen molar-refractivity contribution in [2.24, 2.45) is 0 Å². The Morgan fingerprint density at radius 1 is 0.857 bits per heavy atom. The molecule has 5 heteroatoms. The van der Waals surface area contributed by atoms with Gasteiger partial charge >= 0.3 is 5.97 Å². The smallest absolute Gasteiger partial charge is 0.330 e. The lowest BCUT2D eigenvalue weighted by molar-refractivity contribution is -0.141. The molecule has 0 amide bonds. The minimum absolute atomic E-state index is 0.125. The van der Waals surface area contributed by atoms with Gasteiger partial charge in [0.15, 0.2) is 0 Å². The molecule has 3 N–H and O–H groups in total. The summed E-state index contributed by atoms with van der Waals surface area (Å²) in [5.41, 5.74) is 0. The van der Waals surface area contributed by atoms with Crippen LogP contribution in [0.5, 0.6) is 0 Å². The summed E-state index contributed by atoms with van der Waals surface area (Å²) in [6.07, 6.45) is 22.9. The first-order chi connectivity index (χ1) is 13.6. The van der Waals surface area contributed by atoms with Crippen LogP contribution in [-0.2, 0) is 9.53 Å². The maximum atomic E-state index is 11.3. The number of rotatable bonds is 17. The van der Waals surface area contributed by atoms with Crippen LogP contribution in [0, 0.1) is 0 Å². The maximum Gasteiger partial charge on any atom is 0.330 e. The summed E-state index contributed by atoms with van der Waals surface area (Å²) in [5, 5.41) is 27.5. The van der Waals surface area contributed by atoms with Gasteiger partial charge in [-0.05, 0) is 25.7 Å². The van der Waals surface area contributed by atoms with Crippen LogP contribution in [0.1, 0.15) is 64.7 Å². The molecule has 0 aliphatic carbocycles. The molecule has 0 bridgehead atoms. The van der Waals surface area contributed by atoms with Gasteiger partial charge in [0.2, 0.25) is 0 Å². The molecule has 160 valence electrons. The summed E-state index contributed by atoms with van der Waals surface area (Å²) in [7, 11) is 0. The zero-order valence-electron chi connectivity index (χ0n) is 17.2. The van der Waals surface area contributed by atoms with E-state index >= 15 is 0 Å². The zero-order chi connectivity index (χ0) is 20.9. The predicted octanol–water partition coefficient (Wildman–Crippen LogP) is 4.00. The third-order valence-corrected chi connectivity index (χ3v) is 4.10. The fourth-order valence-electron chi connectivity index (χ4n) is 2.44. The number of unbranched alkanes of at least 4 members (excludes halogenated alkanes) is 5.